The van der Waals surface area contributed by atoms with Crippen LogP contribution in [0.15, 0.2) is 18.2 Å². The van der Waals surface area contributed by atoms with Crippen molar-refractivity contribution in [3.8, 4) is 0 Å². The van der Waals surface area contributed by atoms with Crippen LogP contribution >= 0.6 is 11.3 Å². The molecular formula is C19H23N5O2S. The van der Waals surface area contributed by atoms with Crippen LogP contribution in [0.2, 0.25) is 0 Å². The first-order chi connectivity index (χ1) is 13.0. The summed E-state index contributed by atoms with van der Waals surface area (Å²) >= 11 is 1.44. The van der Waals surface area contributed by atoms with E-state index in [0.717, 1.165) is 40.5 Å². The third-order valence-electron chi connectivity index (χ3n) is 4.77. The van der Waals surface area contributed by atoms with E-state index in [2.05, 4.69) is 45.4 Å². The number of thiazole rings is 1. The number of benzene rings is 1. The third kappa shape index (κ3) is 3.54. The third-order valence-corrected chi connectivity index (χ3v) is 5.99. The Kier molecular flexibility index (Phi) is 4.84. The van der Waals surface area contributed by atoms with Gasteiger partial charge in [-0.3, -0.25) is 9.48 Å². The second-order valence-corrected chi connectivity index (χ2v) is 7.76. The van der Waals surface area contributed by atoms with Crippen molar-refractivity contribution < 1.29 is 9.53 Å². The van der Waals surface area contributed by atoms with Crippen LogP contribution in [0.4, 0.5) is 5.13 Å². The molecule has 0 aliphatic carbocycles. The number of carbonyl (C=O) groups excluding carboxylic acids is 1. The Labute approximate surface area is 162 Å². The summed E-state index contributed by atoms with van der Waals surface area (Å²) < 4.78 is 7.24. The molecule has 3 heterocycles. The molecule has 0 saturated carbocycles. The number of aromatic nitrogens is 3. The topological polar surface area (TPSA) is 72.3 Å². The fraction of sp³-hybridized carbons (Fsp3) is 0.421. The molecule has 1 aliphatic rings. The first-order valence-corrected chi connectivity index (χ1v) is 9.85. The van der Waals surface area contributed by atoms with E-state index in [9.17, 15) is 4.79 Å². The van der Waals surface area contributed by atoms with E-state index in [-0.39, 0.29) is 5.91 Å². The van der Waals surface area contributed by atoms with E-state index in [1.807, 2.05) is 18.7 Å². The number of nitrogens with one attached hydrogen (secondary N) is 1. The number of amides is 1. The lowest BCUT2D eigenvalue weighted by atomic mass is 10.1. The van der Waals surface area contributed by atoms with Crippen molar-refractivity contribution in [1.29, 1.82) is 0 Å². The maximum atomic E-state index is 12.7. The van der Waals surface area contributed by atoms with Gasteiger partial charge in [-0.2, -0.15) is 5.10 Å². The predicted octanol–water partition coefficient (Wildman–Crippen LogP) is 2.41. The molecule has 7 nitrogen and oxygen atoms in total. The van der Waals surface area contributed by atoms with Gasteiger partial charge in [0.2, 0.25) is 0 Å². The highest BCUT2D eigenvalue weighted by Crippen LogP contribution is 2.27. The van der Waals surface area contributed by atoms with Crippen molar-refractivity contribution in [3.05, 3.63) is 40.0 Å². The summed E-state index contributed by atoms with van der Waals surface area (Å²) in [4.78, 5) is 20.1. The summed E-state index contributed by atoms with van der Waals surface area (Å²) in [7, 11) is 1.92. The zero-order chi connectivity index (χ0) is 19.0. The largest absolute Gasteiger partial charge is 0.378 e. The van der Waals surface area contributed by atoms with Crippen LogP contribution in [0.1, 0.15) is 26.6 Å². The van der Waals surface area contributed by atoms with Gasteiger partial charge in [0.15, 0.2) is 5.13 Å². The fourth-order valence-corrected chi connectivity index (χ4v) is 4.34. The van der Waals surface area contributed by atoms with Gasteiger partial charge in [-0.15, -0.1) is 0 Å². The maximum Gasteiger partial charge on any atom is 0.263 e. The summed E-state index contributed by atoms with van der Waals surface area (Å²) in [6.07, 6.45) is 0. The number of hydrogen-bond donors (Lipinski definition) is 1. The molecule has 0 atom stereocenters. The van der Waals surface area contributed by atoms with E-state index < -0.39 is 0 Å². The molecule has 3 aromatic rings. The summed E-state index contributed by atoms with van der Waals surface area (Å²) in [6, 6.07) is 6.24. The molecule has 1 saturated heterocycles. The van der Waals surface area contributed by atoms with Crippen LogP contribution < -0.4 is 10.2 Å². The SMILES string of the molecule is Cc1ccc2c(c1)c(CNC(=O)c1sc(N3CCOCC3)nc1C)nn2C. The fourth-order valence-electron chi connectivity index (χ4n) is 3.31. The van der Waals surface area contributed by atoms with Gasteiger partial charge in [-0.1, -0.05) is 23.0 Å². The first kappa shape index (κ1) is 17.9. The molecule has 1 amide bonds. The Hall–Kier alpha value is -2.45. The molecule has 0 unspecified atom stereocenters. The molecule has 4 rings (SSSR count). The maximum absolute atomic E-state index is 12.7. The number of nitrogens with zero attached hydrogens (tertiary/aromatic N) is 4. The Morgan fingerprint density at radius 3 is 2.85 bits per heavy atom. The van der Waals surface area contributed by atoms with E-state index in [1.54, 1.807) is 0 Å². The number of fused-ring (bicyclic) bond motifs is 1. The molecule has 2 aromatic heterocycles. The van der Waals surface area contributed by atoms with Gasteiger partial charge in [-0.25, -0.2) is 4.98 Å². The van der Waals surface area contributed by atoms with Crippen LogP contribution in [-0.2, 0) is 18.3 Å². The minimum Gasteiger partial charge on any atom is -0.378 e. The van der Waals surface area contributed by atoms with Crippen molar-refractivity contribution in [2.75, 3.05) is 31.2 Å². The van der Waals surface area contributed by atoms with Gasteiger partial charge < -0.3 is 15.0 Å². The van der Waals surface area contributed by atoms with Gasteiger partial charge in [-0.05, 0) is 26.0 Å². The molecule has 1 aliphatic heterocycles. The number of morpholine rings is 1. The smallest absolute Gasteiger partial charge is 0.263 e. The van der Waals surface area contributed by atoms with Crippen LogP contribution in [0.5, 0.6) is 0 Å². The predicted molar refractivity (Wildman–Crippen MR) is 107 cm³/mol. The van der Waals surface area contributed by atoms with Gasteiger partial charge >= 0.3 is 0 Å². The summed E-state index contributed by atoms with van der Waals surface area (Å²) in [5.74, 6) is -0.101. The normalized spacial score (nSPS) is 14.7. The first-order valence-electron chi connectivity index (χ1n) is 9.03. The quantitative estimate of drug-likeness (QED) is 0.747. The zero-order valence-electron chi connectivity index (χ0n) is 15.8. The number of rotatable bonds is 4. The highest BCUT2D eigenvalue weighted by molar-refractivity contribution is 7.17. The van der Waals surface area contributed by atoms with Crippen LogP contribution in [-0.4, -0.2) is 47.0 Å². The number of hydrogen-bond acceptors (Lipinski definition) is 6. The second kappa shape index (κ2) is 7.28. The average molecular weight is 385 g/mol. The summed E-state index contributed by atoms with van der Waals surface area (Å²) in [5.41, 5.74) is 3.88. The Bertz CT molecular complexity index is 988. The van der Waals surface area contributed by atoms with E-state index >= 15 is 0 Å². The van der Waals surface area contributed by atoms with E-state index in [1.165, 1.54) is 16.9 Å². The zero-order valence-corrected chi connectivity index (χ0v) is 16.6. The molecule has 0 bridgehead atoms. The standard InChI is InChI=1S/C19H23N5O2S/c1-12-4-5-16-14(10-12)15(22-23(16)3)11-20-18(25)17-13(2)21-19(27-17)24-6-8-26-9-7-24/h4-5,10H,6-9,11H2,1-3H3,(H,20,25). The average Bonchev–Trinajstić information content (AvgIpc) is 3.20. The van der Waals surface area contributed by atoms with Crippen LogP contribution in [0.25, 0.3) is 10.9 Å². The number of anilines is 1. The summed E-state index contributed by atoms with van der Waals surface area (Å²) in [6.45, 7) is 7.36. The van der Waals surface area contributed by atoms with Gasteiger partial charge in [0.05, 0.1) is 36.7 Å². The van der Waals surface area contributed by atoms with E-state index in [0.29, 0.717) is 24.6 Å². The van der Waals surface area contributed by atoms with Crippen LogP contribution in [0.3, 0.4) is 0 Å². The minimum absolute atomic E-state index is 0.101. The lowest BCUT2D eigenvalue weighted by Crippen LogP contribution is -2.36. The van der Waals surface area contributed by atoms with Crippen molar-refractivity contribution >= 4 is 33.3 Å². The highest BCUT2D eigenvalue weighted by atomic mass is 32.1. The lowest BCUT2D eigenvalue weighted by molar-refractivity contribution is 0.0953. The lowest BCUT2D eigenvalue weighted by Gasteiger charge is -2.25. The van der Waals surface area contributed by atoms with Crippen LogP contribution in [0, 0.1) is 13.8 Å². The molecular weight excluding hydrogens is 362 g/mol. The monoisotopic (exact) mass is 385 g/mol. The molecule has 1 fully saturated rings. The van der Waals surface area contributed by atoms with Crippen molar-refractivity contribution in [3.63, 3.8) is 0 Å². The van der Waals surface area contributed by atoms with Crippen molar-refractivity contribution in [1.82, 2.24) is 20.1 Å². The number of ether oxygens (including phenoxy) is 1. The molecule has 8 heteroatoms. The van der Waals surface area contributed by atoms with E-state index in [4.69, 9.17) is 4.74 Å². The molecule has 0 spiro atoms. The highest BCUT2D eigenvalue weighted by Gasteiger charge is 2.21. The second-order valence-electron chi connectivity index (χ2n) is 6.78. The van der Waals surface area contributed by atoms with Gasteiger partial charge in [0, 0.05) is 25.5 Å². The molecule has 142 valence electrons. The molecule has 0 radical (unpaired) electrons. The Balaban J connectivity index is 1.50. The minimum atomic E-state index is -0.101. The molecule has 1 aromatic carbocycles. The molecule has 27 heavy (non-hydrogen) atoms. The van der Waals surface area contributed by atoms with Gasteiger partial charge in [0.1, 0.15) is 4.88 Å². The number of carbonyl (C=O) groups is 1. The Morgan fingerprint density at radius 2 is 2.07 bits per heavy atom. The van der Waals surface area contributed by atoms with Gasteiger partial charge in [0.25, 0.3) is 5.91 Å². The number of aryl methyl sites for hydroxylation is 3. The van der Waals surface area contributed by atoms with Crippen molar-refractivity contribution in [2.24, 2.45) is 7.05 Å². The Morgan fingerprint density at radius 1 is 1.30 bits per heavy atom. The molecule has 1 N–H and O–H groups in total. The van der Waals surface area contributed by atoms with Crippen molar-refractivity contribution in [2.45, 2.75) is 20.4 Å². The summed E-state index contributed by atoms with van der Waals surface area (Å²) in [5, 5.41) is 9.54.